The molecule has 0 radical (unpaired) electrons. The first-order chi connectivity index (χ1) is 22.7. The molecule has 6 rings (SSSR count). The van der Waals surface area contributed by atoms with Crippen molar-refractivity contribution in [3.8, 4) is 0 Å². The van der Waals surface area contributed by atoms with Crippen LogP contribution in [0.3, 0.4) is 0 Å². The van der Waals surface area contributed by atoms with Crippen LogP contribution in [0.15, 0.2) is 67.5 Å². The van der Waals surface area contributed by atoms with Crippen molar-refractivity contribution in [2.45, 2.75) is 77.4 Å². The number of nitrogens with zero attached hydrogens (tertiary/aromatic N) is 6. The topological polar surface area (TPSA) is 65.0 Å². The lowest BCUT2D eigenvalue weighted by Crippen LogP contribution is -2.57. The number of aromatic nitrogens is 2. The second-order valence-corrected chi connectivity index (χ2v) is 13.9. The van der Waals surface area contributed by atoms with Crippen molar-refractivity contribution in [3.05, 3.63) is 95.6 Å². The van der Waals surface area contributed by atoms with Gasteiger partial charge in [-0.15, -0.1) is 0 Å². The minimum Gasteiger partial charge on any atom is -0.378 e. The molecule has 1 aromatic heterocycles. The van der Waals surface area contributed by atoms with Gasteiger partial charge < -0.3 is 19.4 Å². The third-order valence-corrected chi connectivity index (χ3v) is 11.0. The Balaban J connectivity index is 1.10. The summed E-state index contributed by atoms with van der Waals surface area (Å²) >= 11 is 0. The molecule has 0 unspecified atom stereocenters. The normalized spacial score (nSPS) is 19.7. The van der Waals surface area contributed by atoms with Crippen molar-refractivity contribution in [1.29, 1.82) is 0 Å². The highest BCUT2D eigenvalue weighted by molar-refractivity contribution is 5.83. The molecule has 8 nitrogen and oxygen atoms in total. The van der Waals surface area contributed by atoms with Crippen LogP contribution >= 0.6 is 0 Å². The van der Waals surface area contributed by atoms with E-state index < -0.39 is 0 Å². The molecule has 1 atom stereocenters. The number of hydrogen-bond donors (Lipinski definition) is 0. The van der Waals surface area contributed by atoms with Crippen LogP contribution in [0.25, 0.3) is 5.70 Å². The van der Waals surface area contributed by atoms with Crippen molar-refractivity contribution in [1.82, 2.24) is 24.7 Å². The number of hydrogen-bond acceptors (Lipinski definition) is 7. The zero-order valence-electron chi connectivity index (χ0n) is 28.8. The average Bonchev–Trinajstić information content (AvgIpc) is 3.11. The van der Waals surface area contributed by atoms with Gasteiger partial charge in [-0.1, -0.05) is 49.0 Å². The molecule has 0 saturated carbocycles. The van der Waals surface area contributed by atoms with E-state index in [1.165, 1.54) is 11.3 Å². The van der Waals surface area contributed by atoms with Crippen molar-refractivity contribution in [2.24, 2.45) is 0 Å². The fraction of sp³-hybridized carbons (Fsp3) is 0.513. The summed E-state index contributed by atoms with van der Waals surface area (Å²) in [7, 11) is 0. The highest BCUT2D eigenvalue weighted by Gasteiger charge is 2.39. The molecular formula is C39H52N6O2. The Hall–Kier alpha value is -3.75. The summed E-state index contributed by atoms with van der Waals surface area (Å²) in [5, 5.41) is 0. The first kappa shape index (κ1) is 33.2. The number of anilines is 1. The van der Waals surface area contributed by atoms with E-state index in [0.29, 0.717) is 32.3 Å². The predicted molar refractivity (Wildman–Crippen MR) is 189 cm³/mol. The van der Waals surface area contributed by atoms with Crippen molar-refractivity contribution in [3.63, 3.8) is 0 Å². The molecule has 0 bridgehead atoms. The van der Waals surface area contributed by atoms with Crippen LogP contribution in [-0.2, 0) is 16.1 Å². The van der Waals surface area contributed by atoms with Gasteiger partial charge in [0.2, 0.25) is 5.91 Å². The Morgan fingerprint density at radius 1 is 0.915 bits per heavy atom. The maximum Gasteiger partial charge on any atom is 0.229 e. The summed E-state index contributed by atoms with van der Waals surface area (Å²) in [6.07, 6.45) is 6.15. The highest BCUT2D eigenvalue weighted by atomic mass is 16.5. The van der Waals surface area contributed by atoms with Gasteiger partial charge in [-0.25, -0.2) is 9.97 Å². The fourth-order valence-corrected chi connectivity index (χ4v) is 7.83. The summed E-state index contributed by atoms with van der Waals surface area (Å²) in [4.78, 5) is 31.8. The zero-order valence-corrected chi connectivity index (χ0v) is 28.8. The van der Waals surface area contributed by atoms with Gasteiger partial charge in [-0.3, -0.25) is 9.69 Å². The summed E-state index contributed by atoms with van der Waals surface area (Å²) in [5.74, 6) is 0.0314. The fourth-order valence-electron chi connectivity index (χ4n) is 7.83. The summed E-state index contributed by atoms with van der Waals surface area (Å²) in [6.45, 7) is 20.8. The number of morpholine rings is 1. The van der Waals surface area contributed by atoms with Gasteiger partial charge in [0.15, 0.2) is 0 Å². The Bertz CT molecular complexity index is 1480. The molecule has 47 heavy (non-hydrogen) atoms. The number of benzene rings is 2. The lowest BCUT2D eigenvalue weighted by atomic mass is 9.85. The van der Waals surface area contributed by atoms with Gasteiger partial charge in [0.05, 0.1) is 30.5 Å². The van der Waals surface area contributed by atoms with E-state index in [1.807, 2.05) is 11.8 Å². The molecule has 3 aromatic rings. The third kappa shape index (κ3) is 7.39. The second kappa shape index (κ2) is 14.6. The number of aryl methyl sites for hydroxylation is 2. The van der Waals surface area contributed by atoms with E-state index in [0.717, 1.165) is 86.6 Å². The maximum absolute atomic E-state index is 13.2. The summed E-state index contributed by atoms with van der Waals surface area (Å²) in [5.41, 5.74) is 7.98. The van der Waals surface area contributed by atoms with Crippen LogP contribution in [0.1, 0.15) is 73.5 Å². The number of likely N-dealkylation sites (tertiary alicyclic amines) is 2. The van der Waals surface area contributed by atoms with E-state index in [2.05, 4.69) is 107 Å². The van der Waals surface area contributed by atoms with Gasteiger partial charge in [-0.05, 0) is 76.6 Å². The molecule has 3 saturated heterocycles. The average molecular weight is 637 g/mol. The minimum absolute atomic E-state index is 0.161. The predicted octanol–water partition coefficient (Wildman–Crippen LogP) is 6.05. The first-order valence-corrected chi connectivity index (χ1v) is 17.5. The molecule has 3 fully saturated rings. The number of carbonyl (C=O) groups is 1. The molecule has 0 spiro atoms. The Kier molecular flexibility index (Phi) is 10.3. The minimum atomic E-state index is -0.161. The summed E-state index contributed by atoms with van der Waals surface area (Å²) in [6, 6.07) is 20.1. The SMILES string of the molecule is C=C(c1c(C)ncnc1C)N1CCC(C)(N2CCC(N(Cc3ccccc3)c3ccc([C@H](C)C(=O)N4CCOCC4)cc3)CC2)CC1. The summed E-state index contributed by atoms with van der Waals surface area (Å²) < 4.78 is 5.45. The van der Waals surface area contributed by atoms with E-state index >= 15 is 0 Å². The molecule has 8 heteroatoms. The number of piperidine rings is 2. The first-order valence-electron chi connectivity index (χ1n) is 17.5. The van der Waals surface area contributed by atoms with Crippen LogP contribution < -0.4 is 4.90 Å². The Morgan fingerprint density at radius 2 is 1.53 bits per heavy atom. The van der Waals surface area contributed by atoms with Gasteiger partial charge in [0, 0.05) is 74.3 Å². The van der Waals surface area contributed by atoms with Crippen molar-refractivity contribution in [2.75, 3.05) is 57.4 Å². The van der Waals surface area contributed by atoms with Crippen molar-refractivity contribution >= 4 is 17.3 Å². The van der Waals surface area contributed by atoms with Crippen LogP contribution in [0.4, 0.5) is 5.69 Å². The Morgan fingerprint density at radius 3 is 2.15 bits per heavy atom. The second-order valence-electron chi connectivity index (χ2n) is 13.9. The quantitative estimate of drug-likeness (QED) is 0.283. The van der Waals surface area contributed by atoms with E-state index in [4.69, 9.17) is 4.74 Å². The van der Waals surface area contributed by atoms with Gasteiger partial charge in [0.25, 0.3) is 0 Å². The van der Waals surface area contributed by atoms with E-state index in [9.17, 15) is 4.79 Å². The van der Waals surface area contributed by atoms with Crippen LogP contribution in [-0.4, -0.2) is 94.6 Å². The van der Waals surface area contributed by atoms with E-state index in [1.54, 1.807) is 6.33 Å². The molecule has 1 amide bonds. The van der Waals surface area contributed by atoms with Crippen LogP contribution in [0, 0.1) is 13.8 Å². The number of rotatable bonds is 9. The molecule has 3 aliphatic rings. The molecule has 2 aromatic carbocycles. The molecule has 3 aliphatic heterocycles. The number of ether oxygens (including phenoxy) is 1. The lowest BCUT2D eigenvalue weighted by molar-refractivity contribution is -0.136. The monoisotopic (exact) mass is 636 g/mol. The molecular weight excluding hydrogens is 584 g/mol. The number of amides is 1. The Labute approximate surface area is 281 Å². The van der Waals surface area contributed by atoms with Crippen molar-refractivity contribution < 1.29 is 9.53 Å². The van der Waals surface area contributed by atoms with Crippen LogP contribution in [0.5, 0.6) is 0 Å². The standard InChI is InChI=1S/C39H52N6O2/c1-29(38(46)43-23-25-47-26-24-43)34-11-13-35(14-12-34)45(27-33-9-7-6-8-10-33)36-15-19-44(20-16-36)39(5)17-21-42(22-18-39)32(4)37-30(2)40-28-41-31(37)3/h6-14,28-29,36H,4,15-27H2,1-3,5H3/t29-/m0/s1. The van der Waals surface area contributed by atoms with Gasteiger partial charge >= 0.3 is 0 Å². The molecule has 4 heterocycles. The smallest absolute Gasteiger partial charge is 0.229 e. The third-order valence-electron chi connectivity index (χ3n) is 11.0. The lowest BCUT2D eigenvalue weighted by Gasteiger charge is -2.51. The zero-order chi connectivity index (χ0) is 33.0. The molecule has 250 valence electrons. The van der Waals surface area contributed by atoms with Crippen LogP contribution in [0.2, 0.25) is 0 Å². The molecule has 0 aliphatic carbocycles. The van der Waals surface area contributed by atoms with Gasteiger partial charge in [-0.2, -0.15) is 0 Å². The maximum atomic E-state index is 13.2. The number of carbonyl (C=O) groups excluding carboxylic acids is 1. The molecule has 0 N–H and O–H groups in total. The van der Waals surface area contributed by atoms with Gasteiger partial charge in [0.1, 0.15) is 6.33 Å². The van der Waals surface area contributed by atoms with E-state index in [-0.39, 0.29) is 17.4 Å². The highest BCUT2D eigenvalue weighted by Crippen LogP contribution is 2.36. The largest absolute Gasteiger partial charge is 0.378 e.